The van der Waals surface area contributed by atoms with Gasteiger partial charge in [-0.05, 0) is 18.7 Å². The lowest BCUT2D eigenvalue weighted by atomic mass is 9.97. The van der Waals surface area contributed by atoms with Gasteiger partial charge in [0.05, 0.1) is 6.42 Å². The summed E-state index contributed by atoms with van der Waals surface area (Å²) < 4.78 is 0. The summed E-state index contributed by atoms with van der Waals surface area (Å²) in [5.41, 5.74) is 1.82. The number of amides is 1. The highest BCUT2D eigenvalue weighted by Gasteiger charge is 2.41. The quantitative estimate of drug-likeness (QED) is 0.810. The number of hydrogen-bond acceptors (Lipinski definition) is 4. The fourth-order valence-electron chi connectivity index (χ4n) is 2.64. The first-order valence-electron chi connectivity index (χ1n) is 7.31. The number of likely N-dealkylation sites (N-methyl/N-ethyl adjacent to an activating group) is 1. The third kappa shape index (κ3) is 3.47. The molecule has 23 heavy (non-hydrogen) atoms. The van der Waals surface area contributed by atoms with Crippen LogP contribution in [0.25, 0.3) is 0 Å². The van der Waals surface area contributed by atoms with Crippen molar-refractivity contribution in [2.45, 2.75) is 25.6 Å². The summed E-state index contributed by atoms with van der Waals surface area (Å²) in [5.74, 6) is -1.05. The van der Waals surface area contributed by atoms with Gasteiger partial charge in [-0.15, -0.1) is 11.8 Å². The molecule has 122 valence electrons. The Bertz CT molecular complexity index is 696. The number of carboxylic acids is 1. The zero-order valence-electron chi connectivity index (χ0n) is 13.3. The zero-order chi connectivity index (χ0) is 17.1. The Morgan fingerprint density at radius 2 is 2.04 bits per heavy atom. The van der Waals surface area contributed by atoms with Gasteiger partial charge in [-0.3, -0.25) is 14.4 Å². The Balaban J connectivity index is 2.53. The maximum atomic E-state index is 12.9. The molecule has 6 heteroatoms. The SMILES string of the molecule is CCS[C@@H]1C(C(=O)c2cccc(C)c2)=C(CC(=O)O)C(=O)N1C. The molecule has 0 aliphatic carbocycles. The van der Waals surface area contributed by atoms with Crippen molar-refractivity contribution in [3.63, 3.8) is 0 Å². The highest BCUT2D eigenvalue weighted by Crippen LogP contribution is 2.35. The van der Waals surface area contributed by atoms with Crippen molar-refractivity contribution in [1.82, 2.24) is 4.90 Å². The molecule has 5 nitrogen and oxygen atoms in total. The van der Waals surface area contributed by atoms with Crippen LogP contribution in [0.3, 0.4) is 0 Å². The Morgan fingerprint density at radius 3 is 2.61 bits per heavy atom. The summed E-state index contributed by atoms with van der Waals surface area (Å²) in [6.07, 6.45) is -0.434. The van der Waals surface area contributed by atoms with Crippen LogP contribution >= 0.6 is 11.8 Å². The van der Waals surface area contributed by atoms with E-state index in [-0.39, 0.29) is 17.3 Å². The smallest absolute Gasteiger partial charge is 0.308 e. The number of ketones is 1. The number of carbonyl (C=O) groups is 3. The molecule has 1 N–H and O–H groups in total. The molecule has 0 saturated carbocycles. The Labute approximate surface area is 139 Å². The molecule has 0 saturated heterocycles. The van der Waals surface area contributed by atoms with Crippen molar-refractivity contribution in [2.24, 2.45) is 0 Å². The minimum atomic E-state index is -1.11. The van der Waals surface area contributed by atoms with E-state index in [9.17, 15) is 14.4 Å². The minimum absolute atomic E-state index is 0.0949. The Hall–Kier alpha value is -2.08. The predicted octanol–water partition coefficient (Wildman–Crippen LogP) is 2.50. The molecule has 0 fully saturated rings. The fraction of sp³-hybridized carbons (Fsp3) is 0.353. The second-order valence-electron chi connectivity index (χ2n) is 5.39. The molecule has 0 unspecified atom stereocenters. The average Bonchev–Trinajstić information content (AvgIpc) is 2.72. The van der Waals surface area contributed by atoms with Gasteiger partial charge in [0.2, 0.25) is 0 Å². The number of Topliss-reactive ketones (excluding diaryl/α,β-unsaturated/α-hetero) is 1. The van der Waals surface area contributed by atoms with Gasteiger partial charge in [0.1, 0.15) is 5.37 Å². The van der Waals surface area contributed by atoms with Crippen molar-refractivity contribution in [3.8, 4) is 0 Å². The van der Waals surface area contributed by atoms with Crippen molar-refractivity contribution >= 4 is 29.4 Å². The van der Waals surface area contributed by atoms with Gasteiger partial charge in [-0.2, -0.15) is 0 Å². The molecular formula is C17H19NO4S. The molecule has 0 radical (unpaired) electrons. The summed E-state index contributed by atoms with van der Waals surface area (Å²) in [4.78, 5) is 37.9. The molecule has 1 aliphatic heterocycles. The number of aryl methyl sites for hydroxylation is 1. The van der Waals surface area contributed by atoms with Crippen LogP contribution in [0.15, 0.2) is 35.4 Å². The summed E-state index contributed by atoms with van der Waals surface area (Å²) in [7, 11) is 1.61. The average molecular weight is 333 g/mol. The molecule has 1 atom stereocenters. The van der Waals surface area contributed by atoms with E-state index in [0.29, 0.717) is 16.9 Å². The molecule has 2 rings (SSSR count). The normalized spacial score (nSPS) is 17.8. The third-order valence-corrected chi connectivity index (χ3v) is 4.88. The van der Waals surface area contributed by atoms with Crippen molar-refractivity contribution in [3.05, 3.63) is 46.5 Å². The van der Waals surface area contributed by atoms with Crippen LogP contribution in [-0.4, -0.2) is 45.8 Å². The predicted molar refractivity (Wildman–Crippen MR) is 89.5 cm³/mol. The maximum Gasteiger partial charge on any atom is 0.308 e. The van der Waals surface area contributed by atoms with Gasteiger partial charge in [-0.1, -0.05) is 30.7 Å². The van der Waals surface area contributed by atoms with Crippen molar-refractivity contribution in [1.29, 1.82) is 0 Å². The van der Waals surface area contributed by atoms with Crippen LogP contribution in [0, 0.1) is 6.92 Å². The lowest BCUT2D eigenvalue weighted by Crippen LogP contribution is -2.31. The second kappa shape index (κ2) is 7.00. The molecule has 1 heterocycles. The fourth-order valence-corrected chi connectivity index (χ4v) is 3.69. The van der Waals surface area contributed by atoms with E-state index in [1.165, 1.54) is 16.7 Å². The summed E-state index contributed by atoms with van der Waals surface area (Å²) in [6, 6.07) is 7.11. The number of hydrogen-bond donors (Lipinski definition) is 1. The van der Waals surface area contributed by atoms with Gasteiger partial charge in [-0.25, -0.2) is 0 Å². The zero-order valence-corrected chi connectivity index (χ0v) is 14.1. The summed E-state index contributed by atoms with van der Waals surface area (Å²) in [5, 5.41) is 8.65. The minimum Gasteiger partial charge on any atom is -0.481 e. The third-order valence-electron chi connectivity index (χ3n) is 3.68. The molecule has 1 amide bonds. The number of aliphatic carboxylic acids is 1. The van der Waals surface area contributed by atoms with Crippen molar-refractivity contribution in [2.75, 3.05) is 12.8 Å². The first-order chi connectivity index (χ1) is 10.9. The summed E-state index contributed by atoms with van der Waals surface area (Å²) in [6.45, 7) is 3.82. The van der Waals surface area contributed by atoms with Crippen LogP contribution < -0.4 is 0 Å². The van der Waals surface area contributed by atoms with Gasteiger partial charge >= 0.3 is 5.97 Å². The van der Waals surface area contributed by atoms with Crippen LogP contribution in [0.5, 0.6) is 0 Å². The number of thioether (sulfide) groups is 1. The van der Waals surface area contributed by atoms with Gasteiger partial charge in [0.15, 0.2) is 5.78 Å². The van der Waals surface area contributed by atoms with E-state index in [1.54, 1.807) is 25.2 Å². The first kappa shape index (κ1) is 17.3. The van der Waals surface area contributed by atoms with E-state index in [2.05, 4.69) is 0 Å². The van der Waals surface area contributed by atoms with Crippen molar-refractivity contribution < 1.29 is 19.5 Å². The van der Waals surface area contributed by atoms with E-state index >= 15 is 0 Å². The lowest BCUT2D eigenvalue weighted by Gasteiger charge is -2.21. The van der Waals surface area contributed by atoms with Crippen LogP contribution in [-0.2, 0) is 9.59 Å². The Morgan fingerprint density at radius 1 is 1.35 bits per heavy atom. The maximum absolute atomic E-state index is 12.9. The summed E-state index contributed by atoms with van der Waals surface area (Å²) >= 11 is 1.45. The topological polar surface area (TPSA) is 74.7 Å². The second-order valence-corrected chi connectivity index (χ2v) is 6.74. The van der Waals surface area contributed by atoms with Crippen LogP contribution in [0.2, 0.25) is 0 Å². The number of carboxylic acid groups (broad SMARTS) is 1. The highest BCUT2D eigenvalue weighted by molar-refractivity contribution is 8.00. The molecule has 1 aromatic rings. The van der Waals surface area contributed by atoms with E-state index in [0.717, 1.165) is 5.56 Å². The van der Waals surface area contributed by atoms with Crippen LogP contribution in [0.1, 0.15) is 29.3 Å². The van der Waals surface area contributed by atoms with E-state index in [1.807, 2.05) is 19.9 Å². The monoisotopic (exact) mass is 333 g/mol. The van der Waals surface area contributed by atoms with Gasteiger partial charge < -0.3 is 10.0 Å². The molecule has 1 aliphatic rings. The largest absolute Gasteiger partial charge is 0.481 e. The van der Waals surface area contributed by atoms with Crippen LogP contribution in [0.4, 0.5) is 0 Å². The van der Waals surface area contributed by atoms with Gasteiger partial charge in [0, 0.05) is 23.8 Å². The van der Waals surface area contributed by atoms with E-state index in [4.69, 9.17) is 5.11 Å². The number of rotatable bonds is 6. The van der Waals surface area contributed by atoms with E-state index < -0.39 is 17.8 Å². The number of nitrogens with zero attached hydrogens (tertiary/aromatic N) is 1. The first-order valence-corrected chi connectivity index (χ1v) is 8.36. The molecule has 0 bridgehead atoms. The standard InChI is InChI=1S/C17H19NO4S/c1-4-23-17-14(12(9-13(19)20)16(22)18(17)3)15(21)11-7-5-6-10(2)8-11/h5-8,17H,4,9H2,1-3H3,(H,19,20)/t17-/m1/s1. The molecular weight excluding hydrogens is 314 g/mol. The number of benzene rings is 1. The Kier molecular flexibility index (Phi) is 5.26. The lowest BCUT2D eigenvalue weighted by molar-refractivity contribution is -0.137. The molecule has 1 aromatic carbocycles. The number of carbonyl (C=O) groups excluding carboxylic acids is 2. The highest BCUT2D eigenvalue weighted by atomic mass is 32.2. The molecule has 0 spiro atoms. The molecule has 0 aromatic heterocycles. The van der Waals surface area contributed by atoms with Gasteiger partial charge in [0.25, 0.3) is 5.91 Å².